The van der Waals surface area contributed by atoms with E-state index >= 15 is 0 Å². The fourth-order valence-corrected chi connectivity index (χ4v) is 5.68. The van der Waals surface area contributed by atoms with Crippen molar-refractivity contribution in [3.8, 4) is 11.4 Å². The van der Waals surface area contributed by atoms with Gasteiger partial charge in [-0.2, -0.15) is 9.36 Å². The molecule has 3 aromatic rings. The maximum atomic E-state index is 12.6. The molecule has 14 heteroatoms. The number of non-ortho nitro benzene ring substituents is 1. The Morgan fingerprint density at radius 1 is 1.04 bits per heavy atom. The molecule has 8 nitrogen and oxygen atoms in total. The molecule has 1 N–H and O–H groups in total. The molecule has 2 aromatic carbocycles. The molecule has 1 heterocycles. The van der Waals surface area contributed by atoms with E-state index in [1.54, 1.807) is 0 Å². The van der Waals surface area contributed by atoms with Gasteiger partial charge in [-0.25, -0.2) is 8.42 Å². The molecule has 0 atom stereocenters. The van der Waals surface area contributed by atoms with E-state index in [0.29, 0.717) is 11.5 Å². The Bertz CT molecular complexity index is 1180. The Morgan fingerprint density at radius 2 is 1.68 bits per heavy atom. The number of sulfonamides is 1. The third kappa shape index (κ3) is 4.32. The van der Waals surface area contributed by atoms with E-state index in [-0.39, 0.29) is 47.2 Å². The molecule has 3 rings (SSSR count). The van der Waals surface area contributed by atoms with E-state index in [2.05, 4.69) is 14.1 Å². The van der Waals surface area contributed by atoms with Crippen molar-refractivity contribution in [1.29, 1.82) is 0 Å². The predicted molar refractivity (Wildman–Crippen MR) is 109 cm³/mol. The second kappa shape index (κ2) is 7.97. The minimum atomic E-state index is -4.20. The summed E-state index contributed by atoms with van der Waals surface area (Å²) in [6, 6.07) is 6.21. The molecule has 1 aromatic heterocycles. The van der Waals surface area contributed by atoms with Gasteiger partial charge in [-0.15, -0.1) is 0 Å². The van der Waals surface area contributed by atoms with Gasteiger partial charge in [0.15, 0.2) is 5.82 Å². The molecule has 0 aliphatic rings. The highest BCUT2D eigenvalue weighted by Gasteiger charge is 2.25. The Balaban J connectivity index is 1.96. The Labute approximate surface area is 182 Å². The molecule has 0 bridgehead atoms. The molecular formula is C14H6Cl4N4O4S2. The van der Waals surface area contributed by atoms with Crippen LogP contribution in [0.15, 0.2) is 35.2 Å². The fraction of sp³-hybridized carbons (Fsp3) is 0. The molecule has 0 aliphatic carbocycles. The van der Waals surface area contributed by atoms with Crippen LogP contribution >= 0.6 is 57.9 Å². The summed E-state index contributed by atoms with van der Waals surface area (Å²) in [5.41, 5.74) is -0.0313. The van der Waals surface area contributed by atoms with Crippen molar-refractivity contribution in [3.05, 3.63) is 60.5 Å². The van der Waals surface area contributed by atoms with Crippen LogP contribution in [0.1, 0.15) is 0 Å². The van der Waals surface area contributed by atoms with E-state index in [4.69, 9.17) is 46.4 Å². The number of aromatic nitrogens is 2. The van der Waals surface area contributed by atoms with E-state index in [1.807, 2.05) is 0 Å². The Morgan fingerprint density at radius 3 is 2.29 bits per heavy atom. The molecule has 0 saturated carbocycles. The SMILES string of the molecule is O=[N+]([O-])c1ccc(Cl)c(-c2nsc(NS(=O)(=O)c3c(Cl)cc(Cl)cc3Cl)n2)c1. The predicted octanol–water partition coefficient (Wildman–Crippen LogP) is 5.53. The molecule has 28 heavy (non-hydrogen) atoms. The summed E-state index contributed by atoms with van der Waals surface area (Å²) < 4.78 is 31.4. The van der Waals surface area contributed by atoms with E-state index in [1.165, 1.54) is 30.3 Å². The number of nitro groups is 1. The number of nitrogens with one attached hydrogen (secondary N) is 1. The number of nitrogens with zero attached hydrogens (tertiary/aromatic N) is 3. The Hall–Kier alpha value is -1.69. The lowest BCUT2D eigenvalue weighted by molar-refractivity contribution is -0.384. The smallest absolute Gasteiger partial charge is 0.258 e. The summed E-state index contributed by atoms with van der Waals surface area (Å²) in [5, 5.41) is 10.8. The standard InChI is InChI=1S/C14H6Cl4N4O4S2/c15-6-3-10(17)12(11(18)4-6)28(25,26)21-14-19-13(20-27-14)8-5-7(22(23)24)1-2-9(8)16/h1-5H,(H,19,20,21). The lowest BCUT2D eigenvalue weighted by Gasteiger charge is -2.09. The van der Waals surface area contributed by atoms with Gasteiger partial charge in [0.2, 0.25) is 5.13 Å². The zero-order valence-corrected chi connectivity index (χ0v) is 17.8. The minimum Gasteiger partial charge on any atom is -0.258 e. The van der Waals surface area contributed by atoms with Gasteiger partial charge in [-0.05, 0) is 18.2 Å². The van der Waals surface area contributed by atoms with Crippen LogP contribution in [-0.2, 0) is 10.0 Å². The van der Waals surface area contributed by atoms with Gasteiger partial charge in [-0.1, -0.05) is 46.4 Å². The lowest BCUT2D eigenvalue weighted by Crippen LogP contribution is -2.14. The van der Waals surface area contributed by atoms with E-state index in [0.717, 1.165) is 0 Å². The van der Waals surface area contributed by atoms with Crippen LogP contribution in [0, 0.1) is 10.1 Å². The molecule has 0 unspecified atom stereocenters. The van der Waals surface area contributed by atoms with Gasteiger partial charge in [0.25, 0.3) is 15.7 Å². The highest BCUT2D eigenvalue weighted by molar-refractivity contribution is 7.93. The van der Waals surface area contributed by atoms with Crippen LogP contribution in [-0.4, -0.2) is 22.7 Å². The first-order chi connectivity index (χ1) is 13.1. The van der Waals surface area contributed by atoms with Crippen LogP contribution in [0.25, 0.3) is 11.4 Å². The summed E-state index contributed by atoms with van der Waals surface area (Å²) >= 11 is 24.5. The van der Waals surface area contributed by atoms with Crippen molar-refractivity contribution < 1.29 is 13.3 Å². The van der Waals surface area contributed by atoms with Crippen molar-refractivity contribution in [1.82, 2.24) is 9.36 Å². The summed E-state index contributed by atoms with van der Waals surface area (Å²) in [6.45, 7) is 0. The van der Waals surface area contributed by atoms with Crippen molar-refractivity contribution in [2.24, 2.45) is 0 Å². The highest BCUT2D eigenvalue weighted by atomic mass is 35.5. The van der Waals surface area contributed by atoms with Crippen molar-refractivity contribution in [2.75, 3.05) is 4.72 Å². The average molecular weight is 500 g/mol. The topological polar surface area (TPSA) is 115 Å². The van der Waals surface area contributed by atoms with Gasteiger partial charge in [0.05, 0.1) is 20.0 Å². The zero-order valence-electron chi connectivity index (χ0n) is 13.2. The summed E-state index contributed by atoms with van der Waals surface area (Å²) in [7, 11) is -4.20. The molecule has 0 amide bonds. The normalized spacial score (nSPS) is 11.4. The second-order valence-electron chi connectivity index (χ2n) is 5.15. The largest absolute Gasteiger partial charge is 0.270 e. The molecule has 0 aliphatic heterocycles. The van der Waals surface area contributed by atoms with Crippen LogP contribution in [0.4, 0.5) is 10.8 Å². The van der Waals surface area contributed by atoms with Gasteiger partial charge in [0, 0.05) is 34.3 Å². The first kappa shape index (κ1) is 21.0. The first-order valence-corrected chi connectivity index (χ1v) is 10.8. The molecular weight excluding hydrogens is 494 g/mol. The fourth-order valence-electron chi connectivity index (χ4n) is 2.12. The number of hydrogen-bond donors (Lipinski definition) is 1. The van der Waals surface area contributed by atoms with Crippen LogP contribution in [0.2, 0.25) is 20.1 Å². The number of benzene rings is 2. The number of nitro benzene ring substituents is 1. The molecule has 0 radical (unpaired) electrons. The minimum absolute atomic E-state index is 0.0182. The molecule has 0 fully saturated rings. The monoisotopic (exact) mass is 498 g/mol. The van der Waals surface area contributed by atoms with Crippen LogP contribution < -0.4 is 4.72 Å². The second-order valence-corrected chi connectivity index (χ2v) is 9.18. The summed E-state index contributed by atoms with van der Waals surface area (Å²) in [6.07, 6.45) is 0. The van der Waals surface area contributed by atoms with E-state index in [9.17, 15) is 18.5 Å². The van der Waals surface area contributed by atoms with Gasteiger partial charge in [-0.3, -0.25) is 14.8 Å². The quantitative estimate of drug-likeness (QED) is 0.364. The molecule has 0 spiro atoms. The van der Waals surface area contributed by atoms with Crippen molar-refractivity contribution in [2.45, 2.75) is 4.90 Å². The summed E-state index contributed by atoms with van der Waals surface area (Å²) in [5.74, 6) is 0.0182. The number of rotatable bonds is 5. The molecule has 146 valence electrons. The first-order valence-electron chi connectivity index (χ1n) is 7.04. The van der Waals surface area contributed by atoms with E-state index < -0.39 is 14.9 Å². The third-order valence-corrected chi connectivity index (χ3v) is 6.85. The highest BCUT2D eigenvalue weighted by Crippen LogP contribution is 2.35. The van der Waals surface area contributed by atoms with Gasteiger partial charge >= 0.3 is 0 Å². The summed E-state index contributed by atoms with van der Waals surface area (Å²) in [4.78, 5) is 14.0. The van der Waals surface area contributed by atoms with Crippen LogP contribution in [0.3, 0.4) is 0 Å². The Kier molecular flexibility index (Phi) is 5.99. The average Bonchev–Trinajstić information content (AvgIpc) is 3.01. The number of halogens is 4. The number of hydrogen-bond acceptors (Lipinski definition) is 7. The molecule has 0 saturated heterocycles. The van der Waals surface area contributed by atoms with Gasteiger partial charge in [0.1, 0.15) is 4.90 Å². The zero-order chi connectivity index (χ0) is 20.6. The third-order valence-electron chi connectivity index (χ3n) is 3.28. The maximum Gasteiger partial charge on any atom is 0.270 e. The number of anilines is 1. The van der Waals surface area contributed by atoms with Crippen molar-refractivity contribution >= 4 is 78.8 Å². The van der Waals surface area contributed by atoms with Crippen LogP contribution in [0.5, 0.6) is 0 Å². The van der Waals surface area contributed by atoms with Crippen molar-refractivity contribution in [3.63, 3.8) is 0 Å². The lowest BCUT2D eigenvalue weighted by atomic mass is 10.2. The van der Waals surface area contributed by atoms with Gasteiger partial charge < -0.3 is 0 Å². The maximum absolute atomic E-state index is 12.6.